The number of nitrogens with zero attached hydrogens (tertiary/aromatic N) is 2. The van der Waals surface area contributed by atoms with Gasteiger partial charge in [0.25, 0.3) is 5.88 Å². The number of aliphatic hydroxyl groups excluding tert-OH is 2. The van der Waals surface area contributed by atoms with Crippen LogP contribution in [0.4, 0.5) is 10.5 Å². The van der Waals surface area contributed by atoms with Gasteiger partial charge in [-0.3, -0.25) is 10.1 Å². The van der Waals surface area contributed by atoms with Crippen LogP contribution in [0.15, 0.2) is 60.8 Å². The highest BCUT2D eigenvalue weighted by Crippen LogP contribution is 2.44. The van der Waals surface area contributed by atoms with Crippen LogP contribution in [0.1, 0.15) is 35.1 Å². The van der Waals surface area contributed by atoms with Crippen LogP contribution >= 0.6 is 0 Å². The summed E-state index contributed by atoms with van der Waals surface area (Å²) >= 11 is 0. The number of methoxy groups -OCH3 is 1. The third kappa shape index (κ3) is 5.08. The van der Waals surface area contributed by atoms with Crippen molar-refractivity contribution in [3.63, 3.8) is 0 Å². The Labute approximate surface area is 201 Å². The molecule has 10 heteroatoms. The van der Waals surface area contributed by atoms with Gasteiger partial charge in [0.05, 0.1) is 18.1 Å². The molecule has 0 saturated heterocycles. The Bertz CT molecular complexity index is 1190. The van der Waals surface area contributed by atoms with E-state index in [9.17, 15) is 25.1 Å². The Hall–Kier alpha value is -4.02. The van der Waals surface area contributed by atoms with Gasteiger partial charge in [0.1, 0.15) is 12.7 Å². The largest absolute Gasteiger partial charge is 0.476 e. The quantitative estimate of drug-likeness (QED) is 0.313. The molecule has 1 amide bonds. The summed E-state index contributed by atoms with van der Waals surface area (Å²) in [5.41, 5.74) is 4.09. The summed E-state index contributed by atoms with van der Waals surface area (Å²) in [6.45, 7) is 0.187. The van der Waals surface area contributed by atoms with Crippen molar-refractivity contribution in [2.24, 2.45) is 0 Å². The lowest BCUT2D eigenvalue weighted by atomic mass is 9.98. The molecule has 0 spiro atoms. The smallest absolute Gasteiger partial charge is 0.407 e. The highest BCUT2D eigenvalue weighted by atomic mass is 16.6. The average Bonchev–Trinajstić information content (AvgIpc) is 3.20. The number of hydrogen-bond acceptors (Lipinski definition) is 8. The number of rotatable bonds is 9. The molecule has 0 aliphatic heterocycles. The molecule has 2 unspecified atom stereocenters. The molecule has 1 aliphatic rings. The van der Waals surface area contributed by atoms with Crippen LogP contribution in [0.2, 0.25) is 0 Å². The summed E-state index contributed by atoms with van der Waals surface area (Å²) in [7, 11) is 1.25. The molecule has 1 aromatic heterocycles. The highest BCUT2D eigenvalue weighted by molar-refractivity contribution is 5.79. The SMILES string of the molecule is COc1ncc(C(O)C(O)CCNC(=O)OCC2c3ccccc3-c3ccccc32)cc1[N+](=O)[O-]. The zero-order chi connectivity index (χ0) is 24.9. The molecule has 0 fully saturated rings. The fraction of sp³-hybridized carbons (Fsp3) is 0.280. The van der Waals surface area contributed by atoms with E-state index in [-0.39, 0.29) is 36.9 Å². The third-order valence-electron chi connectivity index (χ3n) is 6.00. The van der Waals surface area contributed by atoms with E-state index in [4.69, 9.17) is 9.47 Å². The second kappa shape index (κ2) is 10.5. The molecule has 35 heavy (non-hydrogen) atoms. The summed E-state index contributed by atoms with van der Waals surface area (Å²) in [6, 6.07) is 17.1. The molecule has 3 aromatic rings. The number of ether oxygens (including phenoxy) is 2. The number of carbonyl (C=O) groups is 1. The maximum Gasteiger partial charge on any atom is 0.407 e. The first-order valence-electron chi connectivity index (χ1n) is 11.0. The van der Waals surface area contributed by atoms with Crippen molar-refractivity contribution in [3.8, 4) is 17.0 Å². The molecular formula is C25H25N3O7. The number of alkyl carbamates (subject to hydrolysis) is 1. The summed E-state index contributed by atoms with van der Waals surface area (Å²) < 4.78 is 10.3. The number of nitrogens with one attached hydrogen (secondary N) is 1. The lowest BCUT2D eigenvalue weighted by Crippen LogP contribution is -2.30. The number of aliphatic hydroxyl groups is 2. The van der Waals surface area contributed by atoms with Crippen LogP contribution in [0, 0.1) is 10.1 Å². The standard InChI is InChI=1S/C25H25N3O7/c1-34-24-21(28(32)33)12-15(13-27-24)23(30)22(29)10-11-26-25(31)35-14-20-18-8-4-2-6-16(18)17-7-3-5-9-19(17)20/h2-9,12-13,20,22-23,29-30H,10-11,14H2,1H3,(H,26,31). The first-order chi connectivity index (χ1) is 16.9. The van der Waals surface area contributed by atoms with Gasteiger partial charge in [0.2, 0.25) is 0 Å². The van der Waals surface area contributed by atoms with Gasteiger partial charge in [0.15, 0.2) is 0 Å². The molecule has 2 aromatic carbocycles. The Kier molecular flexibility index (Phi) is 7.23. The van der Waals surface area contributed by atoms with Crippen LogP contribution < -0.4 is 10.1 Å². The van der Waals surface area contributed by atoms with Crippen molar-refractivity contribution in [1.29, 1.82) is 0 Å². The van der Waals surface area contributed by atoms with E-state index in [1.165, 1.54) is 13.3 Å². The maximum absolute atomic E-state index is 12.3. The number of fused-ring (bicyclic) bond motifs is 3. The van der Waals surface area contributed by atoms with E-state index in [1.807, 2.05) is 48.5 Å². The predicted octanol–water partition coefficient (Wildman–Crippen LogP) is 3.32. The van der Waals surface area contributed by atoms with Crippen molar-refractivity contribution in [2.45, 2.75) is 24.5 Å². The minimum absolute atomic E-state index is 0.00874. The van der Waals surface area contributed by atoms with Crippen molar-refractivity contribution in [3.05, 3.63) is 87.6 Å². The monoisotopic (exact) mass is 479 g/mol. The molecule has 0 saturated carbocycles. The molecule has 0 radical (unpaired) electrons. The van der Waals surface area contributed by atoms with Gasteiger partial charge in [-0.15, -0.1) is 0 Å². The van der Waals surface area contributed by atoms with E-state index >= 15 is 0 Å². The minimum Gasteiger partial charge on any atom is -0.476 e. The first-order valence-corrected chi connectivity index (χ1v) is 11.0. The molecule has 2 atom stereocenters. The van der Waals surface area contributed by atoms with Gasteiger partial charge < -0.3 is 25.0 Å². The molecular weight excluding hydrogens is 454 g/mol. The van der Waals surface area contributed by atoms with Crippen molar-refractivity contribution in [1.82, 2.24) is 10.3 Å². The van der Waals surface area contributed by atoms with Crippen molar-refractivity contribution >= 4 is 11.8 Å². The molecule has 1 aliphatic carbocycles. The van der Waals surface area contributed by atoms with E-state index in [1.54, 1.807) is 0 Å². The molecule has 1 heterocycles. The van der Waals surface area contributed by atoms with Crippen LogP contribution in [-0.4, -0.2) is 52.6 Å². The van der Waals surface area contributed by atoms with Gasteiger partial charge in [-0.25, -0.2) is 9.78 Å². The maximum atomic E-state index is 12.3. The zero-order valence-electron chi connectivity index (χ0n) is 19.0. The predicted molar refractivity (Wildman–Crippen MR) is 126 cm³/mol. The van der Waals surface area contributed by atoms with E-state index in [0.717, 1.165) is 28.3 Å². The number of pyridine rings is 1. The van der Waals surface area contributed by atoms with E-state index in [0.29, 0.717) is 0 Å². The first kappa shape index (κ1) is 24.1. The van der Waals surface area contributed by atoms with Crippen LogP contribution in [0.3, 0.4) is 0 Å². The lowest BCUT2D eigenvalue weighted by molar-refractivity contribution is -0.386. The van der Waals surface area contributed by atoms with Gasteiger partial charge in [0, 0.05) is 30.3 Å². The molecule has 182 valence electrons. The summed E-state index contributed by atoms with van der Waals surface area (Å²) in [4.78, 5) is 26.5. The number of hydrogen-bond donors (Lipinski definition) is 3. The van der Waals surface area contributed by atoms with Crippen LogP contribution in [-0.2, 0) is 4.74 Å². The van der Waals surface area contributed by atoms with Crippen LogP contribution in [0.5, 0.6) is 5.88 Å². The van der Waals surface area contributed by atoms with E-state index in [2.05, 4.69) is 10.3 Å². The minimum atomic E-state index is -1.43. The van der Waals surface area contributed by atoms with Gasteiger partial charge in [-0.2, -0.15) is 0 Å². The van der Waals surface area contributed by atoms with E-state index < -0.39 is 28.9 Å². The fourth-order valence-electron chi connectivity index (χ4n) is 4.26. The topological polar surface area (TPSA) is 144 Å². The number of benzene rings is 2. The van der Waals surface area contributed by atoms with Crippen molar-refractivity contribution < 1.29 is 29.4 Å². The summed E-state index contributed by atoms with van der Waals surface area (Å²) in [5.74, 6) is -0.267. The summed E-state index contributed by atoms with van der Waals surface area (Å²) in [5, 5.41) is 34.4. The highest BCUT2D eigenvalue weighted by Gasteiger charge is 2.29. The number of carbonyl (C=O) groups excluding carboxylic acids is 1. The Balaban J connectivity index is 1.29. The lowest BCUT2D eigenvalue weighted by Gasteiger charge is -2.18. The fourth-order valence-corrected chi connectivity index (χ4v) is 4.26. The average molecular weight is 479 g/mol. The molecule has 3 N–H and O–H groups in total. The molecule has 10 nitrogen and oxygen atoms in total. The normalized spacial score (nSPS) is 13.9. The second-order valence-electron chi connectivity index (χ2n) is 8.11. The Morgan fingerprint density at radius 1 is 1.14 bits per heavy atom. The molecule has 4 rings (SSSR count). The number of aromatic nitrogens is 1. The number of amides is 1. The number of nitro groups is 1. The van der Waals surface area contributed by atoms with Crippen LogP contribution in [0.25, 0.3) is 11.1 Å². The van der Waals surface area contributed by atoms with Gasteiger partial charge in [-0.05, 0) is 28.7 Å². The third-order valence-corrected chi connectivity index (χ3v) is 6.00. The Morgan fingerprint density at radius 3 is 2.37 bits per heavy atom. The zero-order valence-corrected chi connectivity index (χ0v) is 19.0. The molecule has 0 bridgehead atoms. The second-order valence-corrected chi connectivity index (χ2v) is 8.11. The summed E-state index contributed by atoms with van der Waals surface area (Å²) in [6.07, 6.45) is -2.19. The van der Waals surface area contributed by atoms with Gasteiger partial charge >= 0.3 is 11.8 Å². The van der Waals surface area contributed by atoms with Crippen molar-refractivity contribution in [2.75, 3.05) is 20.3 Å². The van der Waals surface area contributed by atoms with Gasteiger partial charge in [-0.1, -0.05) is 48.5 Å². The Morgan fingerprint density at radius 2 is 1.77 bits per heavy atom.